The highest BCUT2D eigenvalue weighted by Crippen LogP contribution is 2.07. The van der Waals surface area contributed by atoms with Crippen molar-refractivity contribution in [2.75, 3.05) is 12.4 Å². The van der Waals surface area contributed by atoms with E-state index in [4.69, 9.17) is 0 Å². The van der Waals surface area contributed by atoms with E-state index >= 15 is 0 Å². The van der Waals surface area contributed by atoms with Crippen molar-refractivity contribution in [1.82, 2.24) is 0 Å². The van der Waals surface area contributed by atoms with E-state index in [1.165, 1.54) is 6.92 Å². The van der Waals surface area contributed by atoms with Gasteiger partial charge in [-0.15, -0.1) is 0 Å². The molecule has 3 heteroatoms. The third-order valence-corrected chi connectivity index (χ3v) is 1.51. The number of nitrogens with one attached hydrogen (secondary N) is 1. The first-order valence-corrected chi connectivity index (χ1v) is 4.02. The van der Waals surface area contributed by atoms with Crippen LogP contribution in [-0.4, -0.2) is 19.2 Å². The predicted octanol–water partition coefficient (Wildman–Crippen LogP) is 1.69. The number of amides is 1. The Balaban J connectivity index is 2.75. The smallest absolute Gasteiger partial charge is 0.221 e. The first kappa shape index (κ1) is 9.45. The van der Waals surface area contributed by atoms with Crippen molar-refractivity contribution in [2.45, 2.75) is 6.92 Å². The minimum Gasteiger partial charge on any atom is -0.326 e. The molecule has 0 aliphatic heterocycles. The molecule has 0 saturated carbocycles. The molecule has 0 unspecified atom stereocenters. The van der Waals surface area contributed by atoms with Gasteiger partial charge in [-0.2, -0.15) is 0 Å². The number of hydrogen-bond donors (Lipinski definition) is 1. The first-order valence-electron chi connectivity index (χ1n) is 4.02. The lowest BCUT2D eigenvalue weighted by molar-refractivity contribution is -0.114. The number of hydrogen-bond acceptors (Lipinski definition) is 2. The van der Waals surface area contributed by atoms with E-state index in [1.807, 2.05) is 24.3 Å². The SMILES string of the molecule is CN=Cc1ccc(NC(C)=O)cc1. The Morgan fingerprint density at radius 1 is 1.38 bits per heavy atom. The third-order valence-electron chi connectivity index (χ3n) is 1.51. The van der Waals surface area contributed by atoms with Gasteiger partial charge in [0.25, 0.3) is 0 Å². The van der Waals surface area contributed by atoms with E-state index < -0.39 is 0 Å². The van der Waals surface area contributed by atoms with Crippen molar-refractivity contribution in [3.8, 4) is 0 Å². The molecule has 0 aliphatic carbocycles. The number of rotatable bonds is 2. The number of benzene rings is 1. The van der Waals surface area contributed by atoms with Gasteiger partial charge in [-0.05, 0) is 17.7 Å². The lowest BCUT2D eigenvalue weighted by Crippen LogP contribution is -2.05. The Hall–Kier alpha value is -1.64. The van der Waals surface area contributed by atoms with Gasteiger partial charge in [0.15, 0.2) is 0 Å². The van der Waals surface area contributed by atoms with Crippen LogP contribution in [0.1, 0.15) is 12.5 Å². The molecule has 0 radical (unpaired) electrons. The number of carbonyl (C=O) groups is 1. The minimum atomic E-state index is -0.0584. The van der Waals surface area contributed by atoms with Gasteiger partial charge in [0.05, 0.1) is 0 Å². The van der Waals surface area contributed by atoms with Gasteiger partial charge < -0.3 is 5.32 Å². The molecule has 13 heavy (non-hydrogen) atoms. The summed E-state index contributed by atoms with van der Waals surface area (Å²) in [4.78, 5) is 14.6. The van der Waals surface area contributed by atoms with Crippen molar-refractivity contribution in [2.24, 2.45) is 4.99 Å². The average molecular weight is 176 g/mol. The van der Waals surface area contributed by atoms with E-state index in [9.17, 15) is 4.79 Å². The molecule has 0 heterocycles. The zero-order valence-corrected chi connectivity index (χ0v) is 7.74. The van der Waals surface area contributed by atoms with E-state index in [-0.39, 0.29) is 5.91 Å². The van der Waals surface area contributed by atoms with E-state index in [0.717, 1.165) is 11.3 Å². The Morgan fingerprint density at radius 3 is 2.46 bits per heavy atom. The van der Waals surface area contributed by atoms with Crippen LogP contribution in [0.25, 0.3) is 0 Å². The summed E-state index contributed by atoms with van der Waals surface area (Å²) in [5, 5.41) is 2.69. The second-order valence-corrected chi connectivity index (χ2v) is 2.69. The van der Waals surface area contributed by atoms with Gasteiger partial charge in [-0.3, -0.25) is 9.79 Å². The van der Waals surface area contributed by atoms with Gasteiger partial charge in [-0.1, -0.05) is 12.1 Å². The molecule has 1 rings (SSSR count). The molecule has 68 valence electrons. The molecule has 3 nitrogen and oxygen atoms in total. The molecule has 0 saturated heterocycles. The van der Waals surface area contributed by atoms with Crippen LogP contribution in [0, 0.1) is 0 Å². The predicted molar refractivity (Wildman–Crippen MR) is 54.3 cm³/mol. The lowest BCUT2D eigenvalue weighted by atomic mass is 10.2. The third kappa shape index (κ3) is 3.07. The van der Waals surface area contributed by atoms with Crippen molar-refractivity contribution in [1.29, 1.82) is 0 Å². The maximum atomic E-state index is 10.7. The monoisotopic (exact) mass is 176 g/mol. The number of anilines is 1. The van der Waals surface area contributed by atoms with E-state index in [0.29, 0.717) is 0 Å². The fraction of sp³-hybridized carbons (Fsp3) is 0.200. The molecule has 0 atom stereocenters. The summed E-state index contributed by atoms with van der Waals surface area (Å²) in [5.74, 6) is -0.0584. The summed E-state index contributed by atoms with van der Waals surface area (Å²) >= 11 is 0. The Bertz CT molecular complexity index is 314. The first-order chi connectivity index (χ1) is 6.22. The van der Waals surface area contributed by atoms with Crippen LogP contribution in [-0.2, 0) is 4.79 Å². The van der Waals surface area contributed by atoms with Gasteiger partial charge in [0.1, 0.15) is 0 Å². The lowest BCUT2D eigenvalue weighted by Gasteiger charge is -2.00. The second kappa shape index (κ2) is 4.40. The molecule has 0 aliphatic rings. The fourth-order valence-electron chi connectivity index (χ4n) is 1.00. The quantitative estimate of drug-likeness (QED) is 0.684. The highest BCUT2D eigenvalue weighted by atomic mass is 16.1. The van der Waals surface area contributed by atoms with Crippen LogP contribution in [0.15, 0.2) is 29.3 Å². The summed E-state index contributed by atoms with van der Waals surface area (Å²) in [6.45, 7) is 1.49. The Kier molecular flexibility index (Phi) is 3.20. The Morgan fingerprint density at radius 2 is 2.00 bits per heavy atom. The largest absolute Gasteiger partial charge is 0.326 e. The van der Waals surface area contributed by atoms with E-state index in [1.54, 1.807) is 13.3 Å². The van der Waals surface area contributed by atoms with Crippen LogP contribution in [0.3, 0.4) is 0 Å². The van der Waals surface area contributed by atoms with Crippen molar-refractivity contribution < 1.29 is 4.79 Å². The van der Waals surface area contributed by atoms with Gasteiger partial charge in [0, 0.05) is 25.9 Å². The topological polar surface area (TPSA) is 41.5 Å². The Labute approximate surface area is 77.5 Å². The maximum Gasteiger partial charge on any atom is 0.221 e. The fourth-order valence-corrected chi connectivity index (χ4v) is 1.00. The summed E-state index contributed by atoms with van der Waals surface area (Å²) in [7, 11) is 1.72. The highest BCUT2D eigenvalue weighted by Gasteiger charge is 1.93. The normalized spacial score (nSPS) is 10.3. The zero-order chi connectivity index (χ0) is 9.68. The van der Waals surface area contributed by atoms with Crippen LogP contribution < -0.4 is 5.32 Å². The van der Waals surface area contributed by atoms with Crippen molar-refractivity contribution in [3.05, 3.63) is 29.8 Å². The van der Waals surface area contributed by atoms with Crippen LogP contribution in [0.2, 0.25) is 0 Å². The van der Waals surface area contributed by atoms with E-state index in [2.05, 4.69) is 10.3 Å². The van der Waals surface area contributed by atoms with Gasteiger partial charge in [0.2, 0.25) is 5.91 Å². The summed E-state index contributed by atoms with van der Waals surface area (Å²) in [6.07, 6.45) is 1.76. The molecule has 1 amide bonds. The van der Waals surface area contributed by atoms with Gasteiger partial charge >= 0.3 is 0 Å². The van der Waals surface area contributed by atoms with Crippen LogP contribution in [0.5, 0.6) is 0 Å². The summed E-state index contributed by atoms with van der Waals surface area (Å²) < 4.78 is 0. The number of carbonyl (C=O) groups excluding carboxylic acids is 1. The van der Waals surface area contributed by atoms with Crippen LogP contribution in [0.4, 0.5) is 5.69 Å². The molecule has 0 fully saturated rings. The van der Waals surface area contributed by atoms with Gasteiger partial charge in [-0.25, -0.2) is 0 Å². The van der Waals surface area contributed by atoms with Crippen molar-refractivity contribution >= 4 is 17.8 Å². The molecule has 1 aromatic carbocycles. The minimum absolute atomic E-state index is 0.0584. The second-order valence-electron chi connectivity index (χ2n) is 2.69. The maximum absolute atomic E-state index is 10.7. The molecular formula is C10H12N2O. The average Bonchev–Trinajstić information content (AvgIpc) is 2.08. The molecule has 0 spiro atoms. The molecular weight excluding hydrogens is 164 g/mol. The highest BCUT2D eigenvalue weighted by molar-refractivity contribution is 5.89. The van der Waals surface area contributed by atoms with Crippen LogP contribution >= 0.6 is 0 Å². The zero-order valence-electron chi connectivity index (χ0n) is 7.74. The molecule has 0 aromatic heterocycles. The summed E-state index contributed by atoms with van der Waals surface area (Å²) in [6, 6.07) is 7.49. The summed E-state index contributed by atoms with van der Waals surface area (Å²) in [5.41, 5.74) is 1.83. The number of aliphatic imine (C=N–C) groups is 1. The number of nitrogens with zero attached hydrogens (tertiary/aromatic N) is 1. The molecule has 0 bridgehead atoms. The van der Waals surface area contributed by atoms with Crippen molar-refractivity contribution in [3.63, 3.8) is 0 Å². The standard InChI is InChI=1S/C10H12N2O/c1-8(13)12-10-5-3-9(4-6-10)7-11-2/h3-7H,1-2H3,(H,12,13). The molecule has 1 aromatic rings. The molecule has 1 N–H and O–H groups in total.